The summed E-state index contributed by atoms with van der Waals surface area (Å²) >= 11 is 0. The second-order valence-corrected chi connectivity index (χ2v) is 4.91. The molecule has 0 radical (unpaired) electrons. The van der Waals surface area contributed by atoms with Gasteiger partial charge in [0.25, 0.3) is 0 Å². The number of aryl methyl sites for hydroxylation is 1. The molecule has 7 nitrogen and oxygen atoms in total. The molecule has 1 amide bonds. The van der Waals surface area contributed by atoms with Crippen LogP contribution in [0.5, 0.6) is 0 Å². The van der Waals surface area contributed by atoms with Crippen molar-refractivity contribution in [3.63, 3.8) is 0 Å². The van der Waals surface area contributed by atoms with Gasteiger partial charge in [0.05, 0.1) is 24.1 Å². The van der Waals surface area contributed by atoms with Gasteiger partial charge in [0.1, 0.15) is 0 Å². The van der Waals surface area contributed by atoms with Gasteiger partial charge < -0.3 is 10.2 Å². The van der Waals surface area contributed by atoms with Crippen molar-refractivity contribution in [2.45, 2.75) is 13.5 Å². The fourth-order valence-corrected chi connectivity index (χ4v) is 1.57. The molecular formula is C15H18N6O. The smallest absolute Gasteiger partial charge is 0.244 e. The predicted molar refractivity (Wildman–Crippen MR) is 84.0 cm³/mol. The Kier molecular flexibility index (Phi) is 5.13. The van der Waals surface area contributed by atoms with Crippen LogP contribution in [0.1, 0.15) is 17.0 Å². The summed E-state index contributed by atoms with van der Waals surface area (Å²) in [5, 5.41) is 2.74. The molecule has 0 aromatic carbocycles. The number of anilines is 1. The first kappa shape index (κ1) is 15.6. The van der Waals surface area contributed by atoms with Gasteiger partial charge in [-0.25, -0.2) is 9.97 Å². The molecule has 0 fully saturated rings. The lowest BCUT2D eigenvalue weighted by Crippen LogP contribution is -2.21. The second kappa shape index (κ2) is 7.26. The third-order valence-electron chi connectivity index (χ3n) is 2.76. The lowest BCUT2D eigenvalue weighted by Gasteiger charge is -2.08. The standard InChI is InChI=1S/C15H18N6O/c1-11-6-17-13(9-16-11)10-18-14(22)5-4-12-7-19-15(20-8-12)21(2)3/h4-9H,10H2,1-3H3,(H,18,22)/b5-4+. The van der Waals surface area contributed by atoms with Crippen molar-refractivity contribution in [1.82, 2.24) is 25.3 Å². The van der Waals surface area contributed by atoms with E-state index in [1.165, 1.54) is 6.08 Å². The summed E-state index contributed by atoms with van der Waals surface area (Å²) < 4.78 is 0. The molecule has 0 bridgehead atoms. The number of aromatic nitrogens is 4. The Hall–Kier alpha value is -2.83. The highest BCUT2D eigenvalue weighted by molar-refractivity contribution is 5.91. The van der Waals surface area contributed by atoms with Crippen LogP contribution in [0.4, 0.5) is 5.95 Å². The van der Waals surface area contributed by atoms with Gasteiger partial charge >= 0.3 is 0 Å². The monoisotopic (exact) mass is 298 g/mol. The molecule has 2 aromatic rings. The molecule has 0 saturated heterocycles. The van der Waals surface area contributed by atoms with E-state index in [0.29, 0.717) is 18.2 Å². The highest BCUT2D eigenvalue weighted by atomic mass is 16.1. The van der Waals surface area contributed by atoms with Crippen LogP contribution in [-0.2, 0) is 11.3 Å². The molecule has 0 unspecified atom stereocenters. The van der Waals surface area contributed by atoms with Crippen molar-refractivity contribution in [2.24, 2.45) is 0 Å². The van der Waals surface area contributed by atoms with Gasteiger partial charge in [-0.15, -0.1) is 0 Å². The van der Waals surface area contributed by atoms with E-state index in [0.717, 1.165) is 11.3 Å². The van der Waals surface area contributed by atoms with Gasteiger partial charge in [-0.1, -0.05) is 0 Å². The van der Waals surface area contributed by atoms with Crippen molar-refractivity contribution in [2.75, 3.05) is 19.0 Å². The quantitative estimate of drug-likeness (QED) is 0.828. The van der Waals surface area contributed by atoms with E-state index in [-0.39, 0.29) is 5.91 Å². The van der Waals surface area contributed by atoms with E-state index in [4.69, 9.17) is 0 Å². The van der Waals surface area contributed by atoms with Crippen LogP contribution in [0.15, 0.2) is 30.9 Å². The maximum atomic E-state index is 11.7. The highest BCUT2D eigenvalue weighted by Gasteiger charge is 2.00. The zero-order valence-electron chi connectivity index (χ0n) is 12.8. The van der Waals surface area contributed by atoms with Gasteiger partial charge in [0.15, 0.2) is 0 Å². The minimum Gasteiger partial charge on any atom is -0.347 e. The number of nitrogens with one attached hydrogen (secondary N) is 1. The summed E-state index contributed by atoms with van der Waals surface area (Å²) in [6.45, 7) is 2.20. The number of carbonyl (C=O) groups excluding carboxylic acids is 1. The molecule has 114 valence electrons. The SMILES string of the molecule is Cc1cnc(CNC(=O)/C=C/c2cnc(N(C)C)nc2)cn1. The number of carbonyl (C=O) groups is 1. The van der Waals surface area contributed by atoms with Gasteiger partial charge in [-0.05, 0) is 13.0 Å². The Bertz CT molecular complexity index is 649. The zero-order chi connectivity index (χ0) is 15.9. The third kappa shape index (κ3) is 4.62. The molecule has 0 aliphatic rings. The lowest BCUT2D eigenvalue weighted by atomic mass is 10.3. The normalized spacial score (nSPS) is 10.7. The Morgan fingerprint density at radius 1 is 1.14 bits per heavy atom. The topological polar surface area (TPSA) is 83.9 Å². The van der Waals surface area contributed by atoms with Crippen LogP contribution in [0.2, 0.25) is 0 Å². The lowest BCUT2D eigenvalue weighted by molar-refractivity contribution is -0.116. The molecule has 0 aliphatic carbocycles. The summed E-state index contributed by atoms with van der Waals surface area (Å²) in [5.74, 6) is 0.415. The first-order valence-corrected chi connectivity index (χ1v) is 6.77. The van der Waals surface area contributed by atoms with Gasteiger partial charge in [0, 0.05) is 44.3 Å². The predicted octanol–water partition coefficient (Wildman–Crippen LogP) is 0.971. The van der Waals surface area contributed by atoms with E-state index >= 15 is 0 Å². The van der Waals surface area contributed by atoms with Crippen molar-refractivity contribution in [3.05, 3.63) is 47.8 Å². The van der Waals surface area contributed by atoms with E-state index in [9.17, 15) is 4.79 Å². The van der Waals surface area contributed by atoms with Crippen LogP contribution >= 0.6 is 0 Å². The van der Waals surface area contributed by atoms with Crippen LogP contribution in [0.3, 0.4) is 0 Å². The van der Waals surface area contributed by atoms with Crippen LogP contribution < -0.4 is 10.2 Å². The molecule has 2 aromatic heterocycles. The van der Waals surface area contributed by atoms with Gasteiger partial charge in [-0.3, -0.25) is 14.8 Å². The van der Waals surface area contributed by atoms with Crippen molar-refractivity contribution >= 4 is 17.9 Å². The maximum Gasteiger partial charge on any atom is 0.244 e. The van der Waals surface area contributed by atoms with E-state index in [1.807, 2.05) is 25.9 Å². The third-order valence-corrected chi connectivity index (χ3v) is 2.76. The number of hydrogen-bond donors (Lipinski definition) is 1. The molecule has 22 heavy (non-hydrogen) atoms. The minimum absolute atomic E-state index is 0.209. The van der Waals surface area contributed by atoms with Crippen LogP contribution in [0.25, 0.3) is 6.08 Å². The van der Waals surface area contributed by atoms with E-state index in [1.54, 1.807) is 30.9 Å². The largest absolute Gasteiger partial charge is 0.347 e. The molecule has 0 atom stereocenters. The van der Waals surface area contributed by atoms with Crippen LogP contribution in [-0.4, -0.2) is 39.9 Å². The summed E-state index contributed by atoms with van der Waals surface area (Å²) in [7, 11) is 3.73. The average molecular weight is 298 g/mol. The van der Waals surface area contributed by atoms with Crippen molar-refractivity contribution in [1.29, 1.82) is 0 Å². The first-order valence-electron chi connectivity index (χ1n) is 6.77. The molecule has 2 heterocycles. The molecule has 1 N–H and O–H groups in total. The zero-order valence-corrected chi connectivity index (χ0v) is 12.8. The minimum atomic E-state index is -0.209. The van der Waals surface area contributed by atoms with E-state index < -0.39 is 0 Å². The number of hydrogen-bond acceptors (Lipinski definition) is 6. The highest BCUT2D eigenvalue weighted by Crippen LogP contribution is 2.04. The second-order valence-electron chi connectivity index (χ2n) is 4.91. The molecule has 0 spiro atoms. The van der Waals surface area contributed by atoms with Crippen molar-refractivity contribution < 1.29 is 4.79 Å². The Labute approximate surface area is 129 Å². The molecule has 0 aliphatic heterocycles. The molecule has 0 saturated carbocycles. The fraction of sp³-hybridized carbons (Fsp3) is 0.267. The Balaban J connectivity index is 1.87. The fourth-order valence-electron chi connectivity index (χ4n) is 1.57. The van der Waals surface area contributed by atoms with E-state index in [2.05, 4.69) is 25.3 Å². The number of rotatable bonds is 5. The Morgan fingerprint density at radius 2 is 1.86 bits per heavy atom. The first-order chi connectivity index (χ1) is 10.5. The summed E-state index contributed by atoms with van der Waals surface area (Å²) in [5.41, 5.74) is 2.32. The maximum absolute atomic E-state index is 11.7. The molecule has 7 heteroatoms. The van der Waals surface area contributed by atoms with Gasteiger partial charge in [-0.2, -0.15) is 0 Å². The number of amides is 1. The van der Waals surface area contributed by atoms with Gasteiger partial charge in [0.2, 0.25) is 11.9 Å². The molecule has 2 rings (SSSR count). The summed E-state index contributed by atoms with van der Waals surface area (Å²) in [6.07, 6.45) is 9.74. The summed E-state index contributed by atoms with van der Waals surface area (Å²) in [6, 6.07) is 0. The number of nitrogens with zero attached hydrogens (tertiary/aromatic N) is 5. The van der Waals surface area contributed by atoms with Crippen molar-refractivity contribution in [3.8, 4) is 0 Å². The van der Waals surface area contributed by atoms with Crippen LogP contribution in [0, 0.1) is 6.92 Å². The average Bonchev–Trinajstić information content (AvgIpc) is 2.52. The molecular weight excluding hydrogens is 280 g/mol. The summed E-state index contributed by atoms with van der Waals surface area (Å²) in [4.78, 5) is 30.2. The Morgan fingerprint density at radius 3 is 2.45 bits per heavy atom.